The van der Waals surface area contributed by atoms with Crippen molar-refractivity contribution in [2.45, 2.75) is 50.6 Å². The van der Waals surface area contributed by atoms with Gasteiger partial charge in [-0.1, -0.05) is 5.92 Å². The molecule has 32 heavy (non-hydrogen) atoms. The third-order valence-corrected chi connectivity index (χ3v) is 6.51. The Balaban J connectivity index is 1.47. The van der Waals surface area contributed by atoms with Crippen LogP contribution in [0.25, 0.3) is 0 Å². The van der Waals surface area contributed by atoms with Crippen molar-refractivity contribution < 1.29 is 23.2 Å². The van der Waals surface area contributed by atoms with Gasteiger partial charge < -0.3 is 15.2 Å². The average Bonchev–Trinajstić information content (AvgIpc) is 3.65. The van der Waals surface area contributed by atoms with Gasteiger partial charge in [0.15, 0.2) is 0 Å². The Hall–Kier alpha value is -3.54. The largest absolute Gasteiger partial charge is 0.336 e. The van der Waals surface area contributed by atoms with Gasteiger partial charge in [-0.3, -0.25) is 19.4 Å². The maximum absolute atomic E-state index is 13.2. The molecule has 0 saturated heterocycles. The molecule has 2 saturated carbocycles. The van der Waals surface area contributed by atoms with E-state index in [-0.39, 0.29) is 23.0 Å². The molecule has 5 rings (SSSR count). The molecule has 0 aromatic carbocycles. The summed E-state index contributed by atoms with van der Waals surface area (Å²) >= 11 is 0. The van der Waals surface area contributed by atoms with E-state index in [0.717, 1.165) is 12.5 Å². The Morgan fingerprint density at radius 2 is 2.09 bits per heavy atom. The quantitative estimate of drug-likeness (QED) is 0.412. The smallest absolute Gasteiger partial charge is 0.293 e. The Morgan fingerprint density at radius 1 is 1.34 bits per heavy atom. The lowest BCUT2D eigenvalue weighted by Crippen LogP contribution is -2.40. The summed E-state index contributed by atoms with van der Waals surface area (Å²) in [5.74, 6) is 0.842. The number of rotatable bonds is 6. The van der Waals surface area contributed by atoms with Crippen molar-refractivity contribution in [3.05, 3.63) is 46.5 Å². The van der Waals surface area contributed by atoms with Gasteiger partial charge in [-0.25, -0.2) is 8.78 Å². The number of aromatic nitrogens is 2. The summed E-state index contributed by atoms with van der Waals surface area (Å²) in [7, 11) is 0. The lowest BCUT2D eigenvalue weighted by Gasteiger charge is -2.11. The van der Waals surface area contributed by atoms with Gasteiger partial charge in [0.05, 0.1) is 5.56 Å². The number of hydrogen-bond acceptors (Lipinski definition) is 4. The third kappa shape index (κ3) is 3.18. The summed E-state index contributed by atoms with van der Waals surface area (Å²) in [6, 6.07) is 2.63. The predicted octanol–water partition coefficient (Wildman–Crippen LogP) is 2.96. The predicted molar refractivity (Wildman–Crippen MR) is 110 cm³/mol. The molecule has 7 nitrogen and oxygen atoms in total. The van der Waals surface area contributed by atoms with Crippen LogP contribution >= 0.6 is 0 Å². The van der Waals surface area contributed by atoms with Crippen LogP contribution in [0.15, 0.2) is 18.3 Å². The van der Waals surface area contributed by atoms with Crippen LogP contribution in [0.4, 0.5) is 14.5 Å². The highest BCUT2D eigenvalue weighted by molar-refractivity contribution is 6.44. The van der Waals surface area contributed by atoms with Crippen LogP contribution in [0, 0.1) is 25.2 Å². The van der Waals surface area contributed by atoms with E-state index in [4.69, 9.17) is 6.42 Å². The molecular formula is C23H20F2N4O3. The van der Waals surface area contributed by atoms with E-state index in [1.54, 1.807) is 6.92 Å². The number of Topliss-reactive ketones (excluding diaryl/α,β-unsaturated/α-hetero) is 1. The van der Waals surface area contributed by atoms with Gasteiger partial charge in [0.25, 0.3) is 24.0 Å². The van der Waals surface area contributed by atoms with Crippen molar-refractivity contribution in [3.8, 4) is 12.3 Å². The zero-order valence-corrected chi connectivity index (χ0v) is 17.2. The van der Waals surface area contributed by atoms with Crippen LogP contribution in [-0.2, 0) is 11.2 Å². The molecule has 0 unspecified atom stereocenters. The highest BCUT2D eigenvalue weighted by Gasteiger charge is 2.51. The molecule has 1 aliphatic heterocycles. The molecule has 0 spiro atoms. The van der Waals surface area contributed by atoms with Gasteiger partial charge in [-0.2, -0.15) is 0 Å². The number of hydrogen-bond donors (Lipinski definition) is 2. The molecule has 164 valence electrons. The first-order valence-electron chi connectivity index (χ1n) is 10.4. The number of nitrogens with zero attached hydrogens (tertiary/aromatic N) is 2. The maximum Gasteiger partial charge on any atom is 0.293 e. The number of halogens is 2. The third-order valence-electron chi connectivity index (χ3n) is 6.51. The Kier molecular flexibility index (Phi) is 4.45. The second-order valence-corrected chi connectivity index (χ2v) is 8.67. The molecular weight excluding hydrogens is 418 g/mol. The van der Waals surface area contributed by atoms with Crippen LogP contribution in [0.3, 0.4) is 0 Å². The van der Waals surface area contributed by atoms with E-state index in [9.17, 15) is 23.2 Å². The zero-order valence-electron chi connectivity index (χ0n) is 17.2. The van der Waals surface area contributed by atoms with Crippen LogP contribution in [0.5, 0.6) is 0 Å². The fraction of sp³-hybridized carbons (Fsp3) is 0.391. The summed E-state index contributed by atoms with van der Waals surface area (Å²) in [6.07, 6.45) is 6.65. The van der Waals surface area contributed by atoms with E-state index >= 15 is 0 Å². The molecule has 2 aromatic heterocycles. The molecule has 2 aromatic rings. The molecule has 2 atom stereocenters. The SMILES string of the molecule is C#CC1(NC(=O)C(=O)c2c(C)c(C(=O)Nc3ccnc(C(F)F)c3)n3c2C[C@H]2C[C@H]23)CC1. The normalized spacial score (nSPS) is 21.3. The minimum Gasteiger partial charge on any atom is -0.336 e. The van der Waals surface area contributed by atoms with Gasteiger partial charge in [0.2, 0.25) is 0 Å². The number of anilines is 1. The van der Waals surface area contributed by atoms with Crippen LogP contribution in [-0.4, -0.2) is 32.7 Å². The first-order valence-corrected chi connectivity index (χ1v) is 10.4. The van der Waals surface area contributed by atoms with Crippen molar-refractivity contribution in [1.29, 1.82) is 0 Å². The summed E-state index contributed by atoms with van der Waals surface area (Å²) in [5.41, 5.74) is 0.549. The molecule has 3 heterocycles. The van der Waals surface area contributed by atoms with Gasteiger partial charge in [-0.05, 0) is 56.2 Å². The molecule has 2 aliphatic carbocycles. The molecule has 0 radical (unpaired) electrons. The molecule has 2 amide bonds. The number of amides is 2. The topological polar surface area (TPSA) is 93.1 Å². The second-order valence-electron chi connectivity index (χ2n) is 8.67. The lowest BCUT2D eigenvalue weighted by molar-refractivity contribution is -0.117. The van der Waals surface area contributed by atoms with Crippen LogP contribution in [0.1, 0.15) is 69.5 Å². The monoisotopic (exact) mass is 438 g/mol. The number of nitrogens with one attached hydrogen (secondary N) is 2. The number of pyridine rings is 1. The van der Waals surface area contributed by atoms with Crippen molar-refractivity contribution >= 4 is 23.3 Å². The number of terminal acetylenes is 1. The van der Waals surface area contributed by atoms with Gasteiger partial charge in [0, 0.05) is 23.6 Å². The summed E-state index contributed by atoms with van der Waals surface area (Å²) in [5, 5.41) is 5.27. The van der Waals surface area contributed by atoms with E-state index < -0.39 is 35.3 Å². The zero-order chi connectivity index (χ0) is 22.8. The van der Waals surface area contributed by atoms with E-state index in [1.165, 1.54) is 12.3 Å². The number of carbonyl (C=O) groups is 3. The second kappa shape index (κ2) is 6.99. The fourth-order valence-electron chi connectivity index (χ4n) is 4.59. The van der Waals surface area contributed by atoms with E-state index in [2.05, 4.69) is 21.5 Å². The molecule has 3 aliphatic rings. The summed E-state index contributed by atoms with van der Waals surface area (Å²) in [4.78, 5) is 42.4. The molecule has 2 N–H and O–H groups in total. The first-order chi connectivity index (χ1) is 15.2. The number of carbonyl (C=O) groups excluding carboxylic acids is 3. The van der Waals surface area contributed by atoms with Crippen molar-refractivity contribution in [3.63, 3.8) is 0 Å². The van der Waals surface area contributed by atoms with Gasteiger partial charge in [-0.15, -0.1) is 6.42 Å². The Bertz CT molecular complexity index is 1220. The minimum absolute atomic E-state index is 0.101. The highest BCUT2D eigenvalue weighted by Crippen LogP contribution is 2.54. The minimum atomic E-state index is -2.76. The fourth-order valence-corrected chi connectivity index (χ4v) is 4.59. The Morgan fingerprint density at radius 3 is 2.75 bits per heavy atom. The number of alkyl halides is 2. The Labute approximate surface area is 182 Å². The van der Waals surface area contributed by atoms with E-state index in [0.29, 0.717) is 36.4 Å². The first kappa shape index (κ1) is 20.4. The van der Waals surface area contributed by atoms with E-state index in [1.807, 2.05) is 4.57 Å². The number of ketones is 1. The van der Waals surface area contributed by atoms with Gasteiger partial charge in [0.1, 0.15) is 16.9 Å². The average molecular weight is 438 g/mol. The van der Waals surface area contributed by atoms with Crippen molar-refractivity contribution in [2.24, 2.45) is 5.92 Å². The van der Waals surface area contributed by atoms with Crippen molar-refractivity contribution in [1.82, 2.24) is 14.9 Å². The van der Waals surface area contributed by atoms with Crippen molar-refractivity contribution in [2.75, 3.05) is 5.32 Å². The standard InChI is InChI=1S/C23H20F2N4O3/c1-3-23(5-6-23)28-22(32)19(30)17-11(2)18(29-15-8-12(15)9-16(17)29)21(31)27-13-4-7-26-14(10-13)20(24)25/h1,4,7,10,12,15,20H,5-6,8-9H2,2H3,(H,28,32)(H,26,27,31)/t12-,15-/m1/s1. The highest BCUT2D eigenvalue weighted by atomic mass is 19.3. The molecule has 0 bridgehead atoms. The maximum atomic E-state index is 13.2. The molecule has 9 heteroatoms. The summed E-state index contributed by atoms with van der Waals surface area (Å²) < 4.78 is 27.7. The number of fused-ring (bicyclic) bond motifs is 3. The van der Waals surface area contributed by atoms with Crippen LogP contribution < -0.4 is 10.6 Å². The van der Waals surface area contributed by atoms with Crippen LogP contribution in [0.2, 0.25) is 0 Å². The molecule has 2 fully saturated rings. The van der Waals surface area contributed by atoms with Gasteiger partial charge >= 0.3 is 0 Å². The summed E-state index contributed by atoms with van der Waals surface area (Å²) in [6.45, 7) is 1.63. The lowest BCUT2D eigenvalue weighted by atomic mass is 10.0.